The van der Waals surface area contributed by atoms with E-state index in [1.165, 1.54) is 0 Å². The van der Waals surface area contributed by atoms with Crippen molar-refractivity contribution in [3.05, 3.63) is 0 Å². The van der Waals surface area contributed by atoms with E-state index in [1.807, 2.05) is 0 Å². The normalized spacial score (nSPS) is 6.71. The number of nitriles is 1. The van der Waals surface area contributed by atoms with Gasteiger partial charge < -0.3 is 9.90 Å². The Labute approximate surface area is 39.0 Å². The number of hydrogen-bond acceptors (Lipinski definition) is 4. The second-order valence-corrected chi connectivity index (χ2v) is 0.728. The molecule has 0 aliphatic heterocycles. The van der Waals surface area contributed by atoms with Crippen molar-refractivity contribution >= 4 is 11.8 Å². The number of carbonyl (C=O) groups is 2. The summed E-state index contributed by atoms with van der Waals surface area (Å²) in [5.41, 5.74) is 0. The summed E-state index contributed by atoms with van der Waals surface area (Å²) in [7, 11) is 0. The summed E-state index contributed by atoms with van der Waals surface area (Å²) in [4.78, 5) is 18.7. The number of Topliss-reactive ketones (excluding diaryl/α,β-unsaturated/α-hetero) is 1. The molecule has 4 nitrogen and oxygen atoms in total. The molecule has 7 heavy (non-hydrogen) atoms. The maximum atomic E-state index is 9.49. The maximum absolute atomic E-state index is 9.49. The molecule has 0 N–H and O–H groups in total. The molecule has 0 saturated heterocycles. The van der Waals surface area contributed by atoms with Crippen molar-refractivity contribution in [3.8, 4) is 6.07 Å². The first-order valence-electron chi connectivity index (χ1n) is 1.34. The Kier molecular flexibility index (Phi) is 1.55. The molecular weight excluding hydrogens is 98.0 g/mol. The number of nitrogens with zero attached hydrogens (tertiary/aromatic N) is 1. The number of carbonyl (C=O) groups excluding carboxylic acids is 2. The van der Waals surface area contributed by atoms with Crippen molar-refractivity contribution in [2.75, 3.05) is 0 Å². The van der Waals surface area contributed by atoms with Gasteiger partial charge in [0.1, 0.15) is 12.0 Å². The third-order valence-corrected chi connectivity index (χ3v) is 0.287. The molecule has 0 aromatic carbocycles. The third-order valence-electron chi connectivity index (χ3n) is 0.287. The van der Waals surface area contributed by atoms with E-state index < -0.39 is 11.8 Å². The minimum absolute atomic E-state index is 0.863. The van der Waals surface area contributed by atoms with Gasteiger partial charge >= 0.3 is 0 Å². The number of aliphatic carboxylic acids is 1. The van der Waals surface area contributed by atoms with Gasteiger partial charge in [0.2, 0.25) is 0 Å². The molecule has 0 aromatic rings. The van der Waals surface area contributed by atoms with Crippen LogP contribution in [0, 0.1) is 11.3 Å². The molecule has 0 radical (unpaired) electrons. The summed E-state index contributed by atoms with van der Waals surface area (Å²) in [6, 6.07) is 0.863. The fraction of sp³-hybridized carbons (Fsp3) is 0. The molecule has 0 unspecified atom stereocenters. The van der Waals surface area contributed by atoms with Crippen LogP contribution in [0.1, 0.15) is 0 Å². The van der Waals surface area contributed by atoms with Crippen molar-refractivity contribution in [1.29, 1.82) is 5.26 Å². The third kappa shape index (κ3) is 1.49. The van der Waals surface area contributed by atoms with Crippen LogP contribution in [0.25, 0.3) is 0 Å². The fourth-order valence-electron chi connectivity index (χ4n) is 0.0456. The van der Waals surface area contributed by atoms with Crippen molar-refractivity contribution in [1.82, 2.24) is 0 Å². The molecule has 0 aromatic heterocycles. The standard InChI is InChI=1S/C3HNO3/c4-1-2(5)3(6)7/h(H,6,7)/p-1. The Hall–Kier alpha value is -1.37. The lowest BCUT2D eigenvalue weighted by Gasteiger charge is -1.84. The van der Waals surface area contributed by atoms with Crippen molar-refractivity contribution in [3.63, 3.8) is 0 Å². The summed E-state index contributed by atoms with van der Waals surface area (Å²) < 4.78 is 0. The number of hydrogen-bond donors (Lipinski definition) is 0. The highest BCUT2D eigenvalue weighted by Crippen LogP contribution is 1.57. The summed E-state index contributed by atoms with van der Waals surface area (Å²) >= 11 is 0. The average molecular weight is 98.0 g/mol. The van der Waals surface area contributed by atoms with Crippen molar-refractivity contribution in [2.45, 2.75) is 0 Å². The molecule has 0 saturated carbocycles. The van der Waals surface area contributed by atoms with Gasteiger partial charge in [0, 0.05) is 0 Å². The number of carboxylic acid groups (broad SMARTS) is 1. The molecular formula is C3NO3-. The summed E-state index contributed by atoms with van der Waals surface area (Å²) in [5.74, 6) is -3.50. The predicted octanol–water partition coefficient (Wildman–Crippen LogP) is -2.17. The predicted molar refractivity (Wildman–Crippen MR) is 15.6 cm³/mol. The van der Waals surface area contributed by atoms with Gasteiger partial charge in [-0.1, -0.05) is 0 Å². The minimum atomic E-state index is -1.96. The van der Waals surface area contributed by atoms with Crippen LogP contribution in [0.15, 0.2) is 0 Å². The van der Waals surface area contributed by atoms with Gasteiger partial charge in [-0.2, -0.15) is 5.26 Å². The maximum Gasteiger partial charge on any atom is 0.277 e. The molecule has 0 aliphatic carbocycles. The molecule has 0 rings (SSSR count). The van der Waals surface area contributed by atoms with Gasteiger partial charge in [-0.05, 0) is 0 Å². The van der Waals surface area contributed by atoms with E-state index >= 15 is 0 Å². The van der Waals surface area contributed by atoms with E-state index in [0.29, 0.717) is 0 Å². The molecule has 0 aliphatic rings. The summed E-state index contributed by atoms with van der Waals surface area (Å²) in [6.45, 7) is 0. The van der Waals surface area contributed by atoms with E-state index in [1.54, 1.807) is 0 Å². The van der Waals surface area contributed by atoms with E-state index in [0.717, 1.165) is 6.07 Å². The van der Waals surface area contributed by atoms with Crippen molar-refractivity contribution < 1.29 is 14.7 Å². The second kappa shape index (κ2) is 1.92. The minimum Gasteiger partial charge on any atom is -0.541 e. The first-order chi connectivity index (χ1) is 3.18. The Morgan fingerprint density at radius 1 is 1.57 bits per heavy atom. The first kappa shape index (κ1) is 5.63. The molecule has 0 bridgehead atoms. The first-order valence-corrected chi connectivity index (χ1v) is 1.34. The lowest BCUT2D eigenvalue weighted by molar-refractivity contribution is -0.299. The summed E-state index contributed by atoms with van der Waals surface area (Å²) in [5, 5.41) is 16.7. The Morgan fingerprint density at radius 2 is 2.00 bits per heavy atom. The average Bonchev–Trinajstić information content (AvgIpc) is 1.65. The Morgan fingerprint density at radius 3 is 2.00 bits per heavy atom. The van der Waals surface area contributed by atoms with E-state index in [9.17, 15) is 14.7 Å². The Balaban J connectivity index is 3.90. The summed E-state index contributed by atoms with van der Waals surface area (Å²) in [6.07, 6.45) is 0. The van der Waals surface area contributed by atoms with Gasteiger partial charge in [-0.3, -0.25) is 4.79 Å². The molecule has 0 spiro atoms. The fourth-order valence-corrected chi connectivity index (χ4v) is 0.0456. The lowest BCUT2D eigenvalue weighted by Crippen LogP contribution is -2.30. The Bertz CT molecular complexity index is 143. The zero-order chi connectivity index (χ0) is 5.86. The molecule has 4 heteroatoms. The quantitative estimate of drug-likeness (QED) is 0.276. The molecule has 36 valence electrons. The number of rotatable bonds is 1. The lowest BCUT2D eigenvalue weighted by atomic mass is 10.5. The van der Waals surface area contributed by atoms with Crippen molar-refractivity contribution in [2.24, 2.45) is 0 Å². The molecule has 0 heterocycles. The smallest absolute Gasteiger partial charge is 0.277 e. The van der Waals surface area contributed by atoms with E-state index in [-0.39, 0.29) is 0 Å². The largest absolute Gasteiger partial charge is 0.541 e. The van der Waals surface area contributed by atoms with Crippen LogP contribution in [-0.4, -0.2) is 11.8 Å². The van der Waals surface area contributed by atoms with Gasteiger partial charge in [0.25, 0.3) is 5.78 Å². The zero-order valence-corrected chi connectivity index (χ0v) is 3.17. The molecule has 0 fully saturated rings. The highest BCUT2D eigenvalue weighted by Gasteiger charge is 1.94. The van der Waals surface area contributed by atoms with Gasteiger partial charge in [0.15, 0.2) is 0 Å². The van der Waals surface area contributed by atoms with Gasteiger partial charge in [0.05, 0.1) is 0 Å². The molecule has 0 amide bonds. The SMILES string of the molecule is N#CC(=O)C(=O)[O-]. The van der Waals surface area contributed by atoms with Crippen LogP contribution in [0.4, 0.5) is 0 Å². The van der Waals surface area contributed by atoms with E-state index in [2.05, 4.69) is 0 Å². The van der Waals surface area contributed by atoms with Gasteiger partial charge in [-0.25, -0.2) is 0 Å². The second-order valence-electron chi connectivity index (χ2n) is 0.728. The van der Waals surface area contributed by atoms with Gasteiger partial charge in [-0.15, -0.1) is 0 Å². The van der Waals surface area contributed by atoms with Crippen LogP contribution in [0.3, 0.4) is 0 Å². The highest BCUT2D eigenvalue weighted by molar-refractivity contribution is 6.38. The van der Waals surface area contributed by atoms with E-state index in [4.69, 9.17) is 5.26 Å². The topological polar surface area (TPSA) is 81.0 Å². The highest BCUT2D eigenvalue weighted by atomic mass is 16.4. The van der Waals surface area contributed by atoms with Crippen LogP contribution in [0.5, 0.6) is 0 Å². The van der Waals surface area contributed by atoms with Crippen LogP contribution in [0.2, 0.25) is 0 Å². The van der Waals surface area contributed by atoms with Crippen LogP contribution < -0.4 is 5.11 Å². The van der Waals surface area contributed by atoms with Crippen LogP contribution >= 0.6 is 0 Å². The van der Waals surface area contributed by atoms with Crippen LogP contribution in [-0.2, 0) is 9.59 Å². The molecule has 0 atom stereocenters. The zero-order valence-electron chi connectivity index (χ0n) is 3.17. The number of carboxylic acids is 1. The monoisotopic (exact) mass is 98.0 g/mol. The number of ketones is 1.